The minimum Gasteiger partial charge on any atom is -0.486 e. The summed E-state index contributed by atoms with van der Waals surface area (Å²) in [5, 5.41) is 3.38. The molecule has 0 unspecified atom stereocenters. The van der Waals surface area contributed by atoms with Crippen LogP contribution in [0.3, 0.4) is 0 Å². The molecule has 0 aliphatic carbocycles. The molecule has 0 spiro atoms. The van der Waals surface area contributed by atoms with Crippen LogP contribution >= 0.6 is 0 Å². The number of fused-ring (bicyclic) bond motifs is 1. The second-order valence-electron chi connectivity index (χ2n) is 6.88. The molecule has 0 atom stereocenters. The number of sulfonamides is 1. The number of nitrogens with one attached hydrogen (secondary N) is 2. The Kier molecular flexibility index (Phi) is 6.36. The normalized spacial score (nSPS) is 13.7. The topological polar surface area (TPSA) is 76.7 Å². The van der Waals surface area contributed by atoms with Gasteiger partial charge in [0.05, 0.1) is 5.75 Å². The maximum atomic E-state index is 12.2. The summed E-state index contributed by atoms with van der Waals surface area (Å²) in [5.74, 6) is 1.53. The quantitative estimate of drug-likeness (QED) is 0.725. The van der Waals surface area contributed by atoms with Gasteiger partial charge in [-0.05, 0) is 42.7 Å². The molecule has 6 nitrogen and oxygen atoms in total. The first-order valence-corrected chi connectivity index (χ1v) is 10.7. The van der Waals surface area contributed by atoms with E-state index in [1.807, 2.05) is 56.3 Å². The van der Waals surface area contributed by atoms with E-state index in [2.05, 4.69) is 10.0 Å². The van der Waals surface area contributed by atoms with Gasteiger partial charge in [-0.1, -0.05) is 30.3 Å². The smallest absolute Gasteiger partial charge is 0.216 e. The molecule has 0 fully saturated rings. The molecule has 0 bridgehead atoms. The molecule has 2 N–H and O–H groups in total. The molecular weight excluding hydrogens is 364 g/mol. The Balaban J connectivity index is 1.62. The van der Waals surface area contributed by atoms with Gasteiger partial charge in [-0.2, -0.15) is 0 Å². The lowest BCUT2D eigenvalue weighted by Gasteiger charge is -2.19. The minimum absolute atomic E-state index is 0.0208. The predicted octanol–water partition coefficient (Wildman–Crippen LogP) is 2.58. The van der Waals surface area contributed by atoms with E-state index in [9.17, 15) is 8.42 Å². The van der Waals surface area contributed by atoms with Crippen LogP contribution in [0, 0.1) is 0 Å². The van der Waals surface area contributed by atoms with Crippen molar-refractivity contribution in [3.05, 3.63) is 59.2 Å². The van der Waals surface area contributed by atoms with Gasteiger partial charge in [0, 0.05) is 19.1 Å². The number of rotatable bonds is 8. The van der Waals surface area contributed by atoms with Gasteiger partial charge in [0.15, 0.2) is 11.5 Å². The Morgan fingerprint density at radius 2 is 1.67 bits per heavy atom. The molecule has 2 aromatic rings. The lowest BCUT2D eigenvalue weighted by atomic mass is 10.1. The van der Waals surface area contributed by atoms with Crippen LogP contribution in [0.4, 0.5) is 0 Å². The first-order chi connectivity index (χ1) is 12.9. The van der Waals surface area contributed by atoms with Crippen LogP contribution < -0.4 is 19.5 Å². The van der Waals surface area contributed by atoms with Gasteiger partial charge in [-0.25, -0.2) is 13.1 Å². The molecule has 0 amide bonds. The first-order valence-electron chi connectivity index (χ1n) is 9.09. The molecule has 1 aliphatic heterocycles. The molecule has 2 aromatic carbocycles. The van der Waals surface area contributed by atoms with Crippen molar-refractivity contribution in [2.45, 2.75) is 38.7 Å². The average Bonchev–Trinajstić information content (AvgIpc) is 2.61. The summed E-state index contributed by atoms with van der Waals surface area (Å²) in [7, 11) is -3.35. The fraction of sp³-hybridized carbons (Fsp3) is 0.400. The van der Waals surface area contributed by atoms with E-state index in [0.29, 0.717) is 26.3 Å². The molecule has 0 saturated carbocycles. The molecule has 7 heteroatoms. The Labute approximate surface area is 160 Å². The van der Waals surface area contributed by atoms with Crippen molar-refractivity contribution in [1.82, 2.24) is 10.0 Å². The van der Waals surface area contributed by atoms with Gasteiger partial charge >= 0.3 is 0 Å². The van der Waals surface area contributed by atoms with Crippen LogP contribution in [0.1, 0.15) is 30.5 Å². The van der Waals surface area contributed by atoms with Crippen molar-refractivity contribution < 1.29 is 17.9 Å². The molecule has 3 rings (SSSR count). The van der Waals surface area contributed by atoms with E-state index in [0.717, 1.165) is 28.2 Å². The third-order valence-corrected chi connectivity index (χ3v) is 5.65. The van der Waals surface area contributed by atoms with Gasteiger partial charge in [0.1, 0.15) is 13.2 Å². The van der Waals surface area contributed by atoms with E-state index in [-0.39, 0.29) is 11.8 Å². The summed E-state index contributed by atoms with van der Waals surface area (Å²) in [4.78, 5) is 0. The highest BCUT2D eigenvalue weighted by Gasteiger charge is 2.15. The minimum atomic E-state index is -3.35. The van der Waals surface area contributed by atoms with Crippen molar-refractivity contribution in [3.63, 3.8) is 0 Å². The number of ether oxygens (including phenoxy) is 2. The van der Waals surface area contributed by atoms with Crippen LogP contribution in [0.25, 0.3) is 0 Å². The summed E-state index contributed by atoms with van der Waals surface area (Å²) in [6, 6.07) is 13.4. The molecule has 0 saturated heterocycles. The Hall–Kier alpha value is -2.09. The van der Waals surface area contributed by atoms with Crippen molar-refractivity contribution in [2.24, 2.45) is 0 Å². The van der Waals surface area contributed by atoms with E-state index in [4.69, 9.17) is 9.47 Å². The Morgan fingerprint density at radius 3 is 2.41 bits per heavy atom. The van der Waals surface area contributed by atoms with E-state index in [1.54, 1.807) is 0 Å². The third kappa shape index (κ3) is 5.69. The maximum absolute atomic E-state index is 12.2. The summed E-state index contributed by atoms with van der Waals surface area (Å²) in [6.07, 6.45) is 0. The molecule has 0 aromatic heterocycles. The van der Waals surface area contributed by atoms with Crippen LogP contribution in [-0.2, 0) is 28.9 Å². The number of hydrogen-bond acceptors (Lipinski definition) is 5. The monoisotopic (exact) mass is 390 g/mol. The number of benzene rings is 2. The third-order valence-electron chi connectivity index (χ3n) is 4.13. The molecule has 1 aliphatic rings. The average molecular weight is 391 g/mol. The Bertz CT molecular complexity index is 881. The maximum Gasteiger partial charge on any atom is 0.216 e. The van der Waals surface area contributed by atoms with Gasteiger partial charge in [-0.3, -0.25) is 0 Å². The van der Waals surface area contributed by atoms with Gasteiger partial charge in [0.25, 0.3) is 0 Å². The van der Waals surface area contributed by atoms with E-state index < -0.39 is 10.0 Å². The summed E-state index contributed by atoms with van der Waals surface area (Å²) in [5.41, 5.74) is 2.87. The predicted molar refractivity (Wildman–Crippen MR) is 105 cm³/mol. The van der Waals surface area contributed by atoms with E-state index in [1.165, 1.54) is 0 Å². The van der Waals surface area contributed by atoms with Gasteiger partial charge in [0.2, 0.25) is 10.0 Å². The summed E-state index contributed by atoms with van der Waals surface area (Å²) < 4.78 is 38.2. The zero-order chi connectivity index (χ0) is 19.3. The van der Waals surface area contributed by atoms with Crippen molar-refractivity contribution in [1.29, 1.82) is 0 Å². The van der Waals surface area contributed by atoms with Gasteiger partial charge < -0.3 is 14.8 Å². The van der Waals surface area contributed by atoms with E-state index >= 15 is 0 Å². The van der Waals surface area contributed by atoms with Crippen molar-refractivity contribution in [3.8, 4) is 11.5 Å². The van der Waals surface area contributed by atoms with Gasteiger partial charge in [-0.15, -0.1) is 0 Å². The van der Waals surface area contributed by atoms with Crippen molar-refractivity contribution in [2.75, 3.05) is 13.2 Å². The second-order valence-corrected chi connectivity index (χ2v) is 8.64. The second kappa shape index (κ2) is 8.73. The van der Waals surface area contributed by atoms with Crippen LogP contribution in [0.2, 0.25) is 0 Å². The fourth-order valence-corrected chi connectivity index (χ4v) is 4.51. The van der Waals surface area contributed by atoms with Crippen LogP contribution in [-0.4, -0.2) is 27.7 Å². The Morgan fingerprint density at radius 1 is 0.963 bits per heavy atom. The fourth-order valence-electron chi connectivity index (χ4n) is 3.02. The molecule has 146 valence electrons. The standard InChI is InChI=1S/C20H26N2O4S/c1-15(2)22-27(23,24)14-18-6-4-3-5-17(18)13-21-12-16-7-8-19-20(11-16)26-10-9-25-19/h3-8,11,15,21-22H,9-10,12-14H2,1-2H3. The molecule has 27 heavy (non-hydrogen) atoms. The highest BCUT2D eigenvalue weighted by Crippen LogP contribution is 2.30. The zero-order valence-electron chi connectivity index (χ0n) is 15.7. The highest BCUT2D eigenvalue weighted by molar-refractivity contribution is 7.88. The molecule has 1 heterocycles. The van der Waals surface area contributed by atoms with Crippen LogP contribution in [0.5, 0.6) is 11.5 Å². The summed E-state index contributed by atoms with van der Waals surface area (Å²) >= 11 is 0. The number of hydrogen-bond donors (Lipinski definition) is 2. The zero-order valence-corrected chi connectivity index (χ0v) is 16.5. The molecular formula is C20H26N2O4S. The lowest BCUT2D eigenvalue weighted by Crippen LogP contribution is -2.31. The lowest BCUT2D eigenvalue weighted by molar-refractivity contribution is 0.171. The highest BCUT2D eigenvalue weighted by atomic mass is 32.2. The summed E-state index contributed by atoms with van der Waals surface area (Å²) in [6.45, 7) is 6.02. The largest absolute Gasteiger partial charge is 0.486 e. The van der Waals surface area contributed by atoms with Crippen LogP contribution in [0.15, 0.2) is 42.5 Å². The molecule has 0 radical (unpaired) electrons. The SMILES string of the molecule is CC(C)NS(=O)(=O)Cc1ccccc1CNCc1ccc2c(c1)OCCO2. The first kappa shape index (κ1) is 19.7. The van der Waals surface area contributed by atoms with Crippen molar-refractivity contribution >= 4 is 10.0 Å².